The van der Waals surface area contributed by atoms with Crippen LogP contribution < -0.4 is 0 Å². The van der Waals surface area contributed by atoms with Crippen molar-refractivity contribution in [2.75, 3.05) is 13.2 Å². The molecule has 3 aliphatic heterocycles. The third-order valence-electron chi connectivity index (χ3n) is 8.21. The molecule has 42 heavy (non-hydrogen) atoms. The molecule has 0 aromatic rings. The van der Waals surface area contributed by atoms with Crippen molar-refractivity contribution in [1.82, 2.24) is 0 Å². The van der Waals surface area contributed by atoms with Crippen LogP contribution in [0.15, 0.2) is 12.2 Å². The van der Waals surface area contributed by atoms with Crippen molar-refractivity contribution in [1.29, 1.82) is 0 Å². The Labute approximate surface area is 248 Å². The van der Waals surface area contributed by atoms with Gasteiger partial charge in [0, 0.05) is 6.42 Å². The minimum absolute atomic E-state index is 0.241. The predicted molar refractivity (Wildman–Crippen MR) is 150 cm³/mol. The Morgan fingerprint density at radius 2 is 1.40 bits per heavy atom. The van der Waals surface area contributed by atoms with Gasteiger partial charge in [-0.05, 0) is 45.4 Å². The molecule has 3 aliphatic rings. The van der Waals surface area contributed by atoms with Crippen molar-refractivity contribution in [3.8, 4) is 0 Å². The quantitative estimate of drug-likeness (QED) is 0.200. The van der Waals surface area contributed by atoms with E-state index in [0.29, 0.717) is 12.8 Å². The Hall–Kier alpha value is -1.19. The van der Waals surface area contributed by atoms with Crippen LogP contribution in [0.1, 0.15) is 90.4 Å². The molecule has 0 amide bonds. The Balaban J connectivity index is 1.69. The van der Waals surface area contributed by atoms with Crippen LogP contribution in [0.25, 0.3) is 0 Å². The normalized spacial score (nSPS) is 41.9. The molecule has 0 saturated carbocycles. The van der Waals surface area contributed by atoms with Crippen LogP contribution >= 0.6 is 0 Å². The van der Waals surface area contributed by atoms with E-state index in [0.717, 1.165) is 64.2 Å². The second kappa shape index (κ2) is 18.6. The fraction of sp³-hybridized carbons (Fsp3) is 0.900. The van der Waals surface area contributed by atoms with Crippen LogP contribution in [-0.4, -0.2) is 117 Å². The van der Waals surface area contributed by atoms with E-state index in [1.165, 1.54) is 0 Å². The zero-order valence-electron chi connectivity index (χ0n) is 24.7. The van der Waals surface area contributed by atoms with Crippen molar-refractivity contribution in [3.05, 3.63) is 12.2 Å². The number of carbonyl (C=O) groups excluding carboxylic acids is 1. The third kappa shape index (κ3) is 10.8. The molecular weight excluding hydrogens is 552 g/mol. The second-order valence-electron chi connectivity index (χ2n) is 11.7. The van der Waals surface area contributed by atoms with Gasteiger partial charge in [-0.2, -0.15) is 0 Å². The number of aliphatic hydroxyl groups excluding tert-OH is 6. The van der Waals surface area contributed by atoms with Gasteiger partial charge in [0.1, 0.15) is 55.4 Å². The van der Waals surface area contributed by atoms with E-state index in [4.69, 9.17) is 23.7 Å². The number of carbonyl (C=O) groups is 1. The van der Waals surface area contributed by atoms with Crippen molar-refractivity contribution in [2.24, 2.45) is 0 Å². The van der Waals surface area contributed by atoms with Gasteiger partial charge in [-0.1, -0.05) is 50.7 Å². The number of hydrogen-bond acceptors (Lipinski definition) is 12. The highest BCUT2D eigenvalue weighted by Crippen LogP contribution is 2.31. The van der Waals surface area contributed by atoms with E-state index < -0.39 is 74.0 Å². The van der Waals surface area contributed by atoms with Crippen molar-refractivity contribution >= 4 is 5.97 Å². The molecule has 11 atom stereocenters. The standard InChI is InChI=1S/C30H52O12/c1-19-15-13-11-9-7-5-3-2-4-6-8-10-12-14-16-22(32)38-18-21-24(34)26(36)28(30(39-19)41-21)42-29-27(37)25(35)23(33)20(17-31)40-29/h2-3,19-21,23-31,33-37H,4-18H2,1H3/b3-2-/t19-,20-,21-,23-,24-,25+,26+,27-,28-,29+,30-/m1/s1. The number of rotatable bonds is 3. The van der Waals surface area contributed by atoms with E-state index in [2.05, 4.69) is 12.2 Å². The van der Waals surface area contributed by atoms with Gasteiger partial charge in [-0.25, -0.2) is 0 Å². The molecule has 12 nitrogen and oxygen atoms in total. The van der Waals surface area contributed by atoms with Gasteiger partial charge >= 0.3 is 5.97 Å². The van der Waals surface area contributed by atoms with E-state index in [9.17, 15) is 35.4 Å². The van der Waals surface area contributed by atoms with Crippen molar-refractivity contribution in [3.63, 3.8) is 0 Å². The highest BCUT2D eigenvalue weighted by Gasteiger charge is 2.51. The van der Waals surface area contributed by atoms with Gasteiger partial charge in [0.05, 0.1) is 12.7 Å². The summed E-state index contributed by atoms with van der Waals surface area (Å²) < 4.78 is 28.7. The van der Waals surface area contributed by atoms with Crippen LogP contribution in [0.4, 0.5) is 0 Å². The lowest BCUT2D eigenvalue weighted by Gasteiger charge is -2.46. The average molecular weight is 605 g/mol. The lowest BCUT2D eigenvalue weighted by molar-refractivity contribution is -0.371. The second-order valence-corrected chi connectivity index (χ2v) is 11.7. The topological polar surface area (TPSA) is 185 Å². The molecule has 0 aliphatic carbocycles. The minimum atomic E-state index is -1.72. The molecule has 0 aromatic carbocycles. The van der Waals surface area contributed by atoms with E-state index >= 15 is 0 Å². The molecule has 2 fully saturated rings. The summed E-state index contributed by atoms with van der Waals surface area (Å²) in [7, 11) is 0. The van der Waals surface area contributed by atoms with Crippen molar-refractivity contribution < 1.29 is 59.1 Å². The van der Waals surface area contributed by atoms with Gasteiger partial charge in [-0.15, -0.1) is 0 Å². The van der Waals surface area contributed by atoms with Gasteiger partial charge in [0.25, 0.3) is 0 Å². The average Bonchev–Trinajstić information content (AvgIpc) is 2.97. The molecule has 0 radical (unpaired) electrons. The van der Waals surface area contributed by atoms with E-state index in [-0.39, 0.29) is 19.1 Å². The summed E-state index contributed by atoms with van der Waals surface area (Å²) in [4.78, 5) is 12.3. The molecule has 3 rings (SSSR count). The Kier molecular flexibility index (Phi) is 15.6. The largest absolute Gasteiger partial charge is 0.463 e. The number of allylic oxidation sites excluding steroid dienone is 2. The maximum Gasteiger partial charge on any atom is 0.305 e. The summed E-state index contributed by atoms with van der Waals surface area (Å²) in [6, 6.07) is 0. The first-order valence-electron chi connectivity index (χ1n) is 15.7. The first-order valence-corrected chi connectivity index (χ1v) is 15.7. The van der Waals surface area contributed by atoms with Crippen LogP contribution in [0.5, 0.6) is 0 Å². The first kappa shape index (κ1) is 35.3. The number of aliphatic hydroxyl groups is 6. The molecule has 6 N–H and O–H groups in total. The molecule has 12 heteroatoms. The predicted octanol–water partition coefficient (Wildman–Crippen LogP) is 1.21. The molecule has 244 valence electrons. The minimum Gasteiger partial charge on any atom is -0.463 e. The number of ether oxygens (including phenoxy) is 5. The monoisotopic (exact) mass is 604 g/mol. The maximum absolute atomic E-state index is 12.3. The summed E-state index contributed by atoms with van der Waals surface area (Å²) in [5.41, 5.74) is 0. The van der Waals surface area contributed by atoms with Crippen LogP contribution in [0, 0.1) is 0 Å². The maximum atomic E-state index is 12.3. The zero-order chi connectivity index (χ0) is 30.5. The molecule has 0 aromatic heterocycles. The van der Waals surface area contributed by atoms with Crippen molar-refractivity contribution in [2.45, 2.75) is 158 Å². The number of fused-ring (bicyclic) bond motifs is 2. The summed E-state index contributed by atoms with van der Waals surface area (Å²) in [5.74, 6) is -0.424. The first-order chi connectivity index (χ1) is 20.2. The Morgan fingerprint density at radius 3 is 2.10 bits per heavy atom. The Bertz CT molecular complexity index is 794. The number of hydrogen-bond donors (Lipinski definition) is 6. The van der Waals surface area contributed by atoms with E-state index in [1.54, 1.807) is 0 Å². The highest BCUT2D eigenvalue weighted by molar-refractivity contribution is 5.69. The van der Waals surface area contributed by atoms with Gasteiger partial charge in [0.15, 0.2) is 12.6 Å². The van der Waals surface area contributed by atoms with E-state index in [1.807, 2.05) is 6.92 Å². The summed E-state index contributed by atoms with van der Waals surface area (Å²) in [6.45, 7) is 0.896. The van der Waals surface area contributed by atoms with Crippen LogP contribution in [-0.2, 0) is 28.5 Å². The lowest BCUT2D eigenvalue weighted by Crippen LogP contribution is -2.65. The lowest BCUT2D eigenvalue weighted by atomic mass is 9.97. The fourth-order valence-corrected chi connectivity index (χ4v) is 5.52. The summed E-state index contributed by atoms with van der Waals surface area (Å²) in [5, 5.41) is 62.2. The fourth-order valence-electron chi connectivity index (χ4n) is 5.52. The Morgan fingerprint density at radius 1 is 0.762 bits per heavy atom. The van der Waals surface area contributed by atoms with Gasteiger partial charge in [0.2, 0.25) is 0 Å². The zero-order valence-corrected chi connectivity index (χ0v) is 24.7. The number of esters is 1. The van der Waals surface area contributed by atoms with Gasteiger partial charge < -0.3 is 54.3 Å². The summed E-state index contributed by atoms with van der Waals surface area (Å²) in [6.07, 6.45) is 1.66. The molecule has 0 spiro atoms. The molecule has 2 saturated heterocycles. The number of cyclic esters (lactones) is 1. The molecule has 2 bridgehead atoms. The van der Waals surface area contributed by atoms with Crippen LogP contribution in [0.3, 0.4) is 0 Å². The summed E-state index contributed by atoms with van der Waals surface area (Å²) >= 11 is 0. The molecule has 0 unspecified atom stereocenters. The third-order valence-corrected chi connectivity index (χ3v) is 8.21. The SMILES string of the molecule is C[C@@H]1CCCCCC/C=C\CCCCCCCC(=O)OC[C@H]2O[C@@H](O1)[C@H](O[C@@H]1O[C@H](CO)[C@@H](O)[C@H](O)[C@H]1O)[C@@H](O)[C@@H]2O. The molecule has 3 heterocycles. The smallest absolute Gasteiger partial charge is 0.305 e. The molecular formula is C30H52O12. The highest BCUT2D eigenvalue weighted by atomic mass is 16.8. The van der Waals surface area contributed by atoms with Crippen LogP contribution in [0.2, 0.25) is 0 Å². The van der Waals surface area contributed by atoms with Gasteiger partial charge in [-0.3, -0.25) is 4.79 Å².